The number of anilines is 2. The maximum absolute atomic E-state index is 12.4. The van der Waals surface area contributed by atoms with Crippen molar-refractivity contribution in [1.82, 2.24) is 15.3 Å². The quantitative estimate of drug-likeness (QED) is 0.938. The number of hydrogen-bond acceptors (Lipinski definition) is 4. The second-order valence-electron chi connectivity index (χ2n) is 6.65. The third-order valence-electron chi connectivity index (χ3n) is 4.11. The number of fused-ring (bicyclic) bond motifs is 1. The highest BCUT2D eigenvalue weighted by Gasteiger charge is 2.21. The van der Waals surface area contributed by atoms with Gasteiger partial charge in [-0.25, -0.2) is 9.97 Å². The van der Waals surface area contributed by atoms with Gasteiger partial charge < -0.3 is 10.2 Å². The summed E-state index contributed by atoms with van der Waals surface area (Å²) < 4.78 is 0. The van der Waals surface area contributed by atoms with Gasteiger partial charge in [0.2, 0.25) is 0 Å². The van der Waals surface area contributed by atoms with E-state index in [1.54, 1.807) is 6.07 Å². The number of hydrogen-bond donors (Lipinski definition) is 1. The van der Waals surface area contributed by atoms with Crippen LogP contribution in [0.4, 0.5) is 11.5 Å². The number of carbonyl (C=O) groups excluding carboxylic acids is 1. The van der Waals surface area contributed by atoms with Gasteiger partial charge in [0, 0.05) is 24.8 Å². The van der Waals surface area contributed by atoms with Crippen LogP contribution in [0.3, 0.4) is 0 Å². The Bertz CT molecular complexity index is 742. The van der Waals surface area contributed by atoms with Crippen LogP contribution in [-0.4, -0.2) is 29.0 Å². The number of rotatable bonds is 4. The minimum absolute atomic E-state index is 0.138. The van der Waals surface area contributed by atoms with Gasteiger partial charge in [0.25, 0.3) is 5.91 Å². The number of nitrogens with zero attached hydrogens (tertiary/aromatic N) is 3. The Kier molecular flexibility index (Phi) is 4.79. The number of amides is 1. The summed E-state index contributed by atoms with van der Waals surface area (Å²) in [6, 6.07) is 10.2. The van der Waals surface area contributed by atoms with Gasteiger partial charge >= 0.3 is 0 Å². The van der Waals surface area contributed by atoms with E-state index in [4.69, 9.17) is 0 Å². The van der Waals surface area contributed by atoms with Gasteiger partial charge in [-0.3, -0.25) is 4.79 Å². The topological polar surface area (TPSA) is 58.1 Å². The van der Waals surface area contributed by atoms with Crippen molar-refractivity contribution in [2.24, 2.45) is 5.92 Å². The Labute approximate surface area is 143 Å². The molecule has 5 nitrogen and oxygen atoms in total. The maximum Gasteiger partial charge on any atom is 0.270 e. The van der Waals surface area contributed by atoms with Crippen molar-refractivity contribution in [3.05, 3.63) is 47.4 Å². The summed E-state index contributed by atoms with van der Waals surface area (Å²) in [5, 5.41) is 2.93. The Morgan fingerprint density at radius 3 is 2.88 bits per heavy atom. The van der Waals surface area contributed by atoms with E-state index in [1.807, 2.05) is 13.0 Å². The van der Waals surface area contributed by atoms with Crippen molar-refractivity contribution in [2.45, 2.75) is 33.6 Å². The van der Waals surface area contributed by atoms with Crippen LogP contribution in [0.15, 0.2) is 30.3 Å². The minimum Gasteiger partial charge on any atom is -0.350 e. The van der Waals surface area contributed by atoms with Crippen LogP contribution in [0, 0.1) is 12.8 Å². The predicted molar refractivity (Wildman–Crippen MR) is 95.7 cm³/mol. The molecule has 126 valence electrons. The van der Waals surface area contributed by atoms with E-state index in [1.165, 1.54) is 11.3 Å². The molecule has 2 heterocycles. The zero-order valence-corrected chi connectivity index (χ0v) is 14.5. The molecule has 0 spiro atoms. The third-order valence-corrected chi connectivity index (χ3v) is 4.11. The summed E-state index contributed by atoms with van der Waals surface area (Å²) in [4.78, 5) is 23.4. The third kappa shape index (κ3) is 3.55. The molecule has 1 N–H and O–H groups in total. The summed E-state index contributed by atoms with van der Waals surface area (Å²) in [7, 11) is 0. The fraction of sp³-hybridized carbons (Fsp3) is 0.421. The Morgan fingerprint density at radius 1 is 1.29 bits per heavy atom. The van der Waals surface area contributed by atoms with Crippen LogP contribution in [0.1, 0.15) is 42.1 Å². The van der Waals surface area contributed by atoms with Crippen LogP contribution < -0.4 is 10.2 Å². The summed E-state index contributed by atoms with van der Waals surface area (Å²) in [6.45, 7) is 7.52. The molecule has 1 aromatic carbocycles. The summed E-state index contributed by atoms with van der Waals surface area (Å²) in [5.74, 6) is 1.68. The molecule has 1 amide bonds. The van der Waals surface area contributed by atoms with Crippen LogP contribution in [0.25, 0.3) is 0 Å². The molecule has 1 aliphatic rings. The van der Waals surface area contributed by atoms with Crippen LogP contribution >= 0.6 is 0 Å². The summed E-state index contributed by atoms with van der Waals surface area (Å²) >= 11 is 0. The van der Waals surface area contributed by atoms with E-state index in [2.05, 4.69) is 52.2 Å². The lowest BCUT2D eigenvalue weighted by Gasteiger charge is -2.30. The molecule has 0 aliphatic carbocycles. The second-order valence-corrected chi connectivity index (χ2v) is 6.65. The number of aryl methyl sites for hydroxylation is 2. The number of para-hydroxylation sites is 1. The SMILES string of the molecule is Cc1nc(C(=O)NCC(C)C)cc(N2CCCc3ccccc32)n1. The fourth-order valence-electron chi connectivity index (χ4n) is 2.97. The molecule has 0 bridgehead atoms. The van der Waals surface area contributed by atoms with Crippen molar-refractivity contribution in [1.29, 1.82) is 0 Å². The largest absolute Gasteiger partial charge is 0.350 e. The molecule has 0 atom stereocenters. The van der Waals surface area contributed by atoms with Crippen LogP contribution in [-0.2, 0) is 6.42 Å². The average molecular weight is 324 g/mol. The zero-order chi connectivity index (χ0) is 17.1. The lowest BCUT2D eigenvalue weighted by Crippen LogP contribution is -2.30. The first-order chi connectivity index (χ1) is 11.5. The number of aromatic nitrogens is 2. The highest BCUT2D eigenvalue weighted by atomic mass is 16.1. The molecule has 0 unspecified atom stereocenters. The van der Waals surface area contributed by atoms with Crippen LogP contribution in [0.2, 0.25) is 0 Å². The summed E-state index contributed by atoms with van der Waals surface area (Å²) in [5.41, 5.74) is 2.93. The molecule has 0 saturated heterocycles. The minimum atomic E-state index is -0.138. The molecular weight excluding hydrogens is 300 g/mol. The lowest BCUT2D eigenvalue weighted by molar-refractivity contribution is 0.0943. The van der Waals surface area contributed by atoms with E-state index >= 15 is 0 Å². The summed E-state index contributed by atoms with van der Waals surface area (Å²) in [6.07, 6.45) is 2.16. The van der Waals surface area contributed by atoms with E-state index in [-0.39, 0.29) is 5.91 Å². The van der Waals surface area contributed by atoms with E-state index < -0.39 is 0 Å². The van der Waals surface area contributed by atoms with Crippen molar-refractivity contribution in [2.75, 3.05) is 18.0 Å². The van der Waals surface area contributed by atoms with Crippen LogP contribution in [0.5, 0.6) is 0 Å². The van der Waals surface area contributed by atoms with Crippen molar-refractivity contribution in [3.8, 4) is 0 Å². The maximum atomic E-state index is 12.4. The van der Waals surface area contributed by atoms with E-state index in [9.17, 15) is 4.79 Å². The van der Waals surface area contributed by atoms with Gasteiger partial charge in [-0.15, -0.1) is 0 Å². The van der Waals surface area contributed by atoms with Crippen molar-refractivity contribution >= 4 is 17.4 Å². The Hall–Kier alpha value is -2.43. The fourth-order valence-corrected chi connectivity index (χ4v) is 2.97. The zero-order valence-electron chi connectivity index (χ0n) is 14.5. The molecule has 3 rings (SSSR count). The van der Waals surface area contributed by atoms with Gasteiger partial charge in [-0.1, -0.05) is 32.0 Å². The van der Waals surface area contributed by atoms with E-state index in [0.29, 0.717) is 24.0 Å². The lowest BCUT2D eigenvalue weighted by atomic mass is 10.0. The van der Waals surface area contributed by atoms with Crippen molar-refractivity contribution in [3.63, 3.8) is 0 Å². The Morgan fingerprint density at radius 2 is 2.08 bits per heavy atom. The molecule has 1 aromatic heterocycles. The van der Waals surface area contributed by atoms with Gasteiger partial charge in [0.05, 0.1) is 0 Å². The van der Waals surface area contributed by atoms with E-state index in [0.717, 1.165) is 25.2 Å². The first-order valence-electron chi connectivity index (χ1n) is 8.54. The highest BCUT2D eigenvalue weighted by Crippen LogP contribution is 2.32. The highest BCUT2D eigenvalue weighted by molar-refractivity contribution is 5.93. The molecule has 0 fully saturated rings. The molecule has 2 aromatic rings. The second kappa shape index (κ2) is 6.99. The van der Waals surface area contributed by atoms with Gasteiger partial charge in [0.15, 0.2) is 0 Å². The Balaban J connectivity index is 1.91. The molecule has 5 heteroatoms. The van der Waals surface area contributed by atoms with Gasteiger partial charge in [-0.2, -0.15) is 0 Å². The molecule has 0 saturated carbocycles. The van der Waals surface area contributed by atoms with Crippen molar-refractivity contribution < 1.29 is 4.79 Å². The standard InChI is InChI=1S/C19H24N4O/c1-13(2)12-20-19(24)16-11-18(22-14(3)21-16)23-10-6-8-15-7-4-5-9-17(15)23/h4-5,7,9,11,13H,6,8,10,12H2,1-3H3,(H,20,24). The molecule has 0 radical (unpaired) electrons. The smallest absolute Gasteiger partial charge is 0.270 e. The monoisotopic (exact) mass is 324 g/mol. The molecule has 1 aliphatic heterocycles. The predicted octanol–water partition coefficient (Wildman–Crippen LogP) is 3.26. The number of benzene rings is 1. The first-order valence-corrected chi connectivity index (χ1v) is 8.54. The van der Waals surface area contributed by atoms with Gasteiger partial charge in [-0.05, 0) is 37.3 Å². The average Bonchev–Trinajstić information content (AvgIpc) is 2.58. The normalized spacial score (nSPS) is 13.8. The molecular formula is C19H24N4O. The number of carbonyl (C=O) groups is 1. The first kappa shape index (κ1) is 16.4. The number of nitrogens with one attached hydrogen (secondary N) is 1. The molecule has 24 heavy (non-hydrogen) atoms. The van der Waals surface area contributed by atoms with Gasteiger partial charge in [0.1, 0.15) is 17.3 Å².